The minimum atomic E-state index is -4.46. The third-order valence-electron chi connectivity index (χ3n) is 2.31. The SMILES string of the molecule is CCC(Nc1ccccc1C(F)(F)F)C(N)=O. The highest BCUT2D eigenvalue weighted by molar-refractivity contribution is 5.83. The summed E-state index contributed by atoms with van der Waals surface area (Å²) in [5, 5.41) is 2.51. The van der Waals surface area contributed by atoms with Crippen LogP contribution in [0.15, 0.2) is 24.3 Å². The van der Waals surface area contributed by atoms with Gasteiger partial charge >= 0.3 is 6.18 Å². The number of hydrogen-bond acceptors (Lipinski definition) is 2. The largest absolute Gasteiger partial charge is 0.418 e. The molecule has 0 aromatic heterocycles. The Morgan fingerprint density at radius 3 is 2.47 bits per heavy atom. The van der Waals surface area contributed by atoms with Crippen LogP contribution in [0.25, 0.3) is 0 Å². The van der Waals surface area contributed by atoms with Crippen LogP contribution in [0.2, 0.25) is 0 Å². The third kappa shape index (κ3) is 3.37. The van der Waals surface area contributed by atoms with Crippen molar-refractivity contribution in [3.63, 3.8) is 0 Å². The molecule has 1 amide bonds. The number of nitrogens with two attached hydrogens (primary N) is 1. The highest BCUT2D eigenvalue weighted by Gasteiger charge is 2.33. The van der Waals surface area contributed by atoms with Gasteiger partial charge in [0, 0.05) is 5.69 Å². The Hall–Kier alpha value is -1.72. The number of nitrogens with one attached hydrogen (secondary N) is 1. The number of carbonyl (C=O) groups excluding carboxylic acids is 1. The van der Waals surface area contributed by atoms with Crippen molar-refractivity contribution in [3.05, 3.63) is 29.8 Å². The zero-order valence-electron chi connectivity index (χ0n) is 9.21. The van der Waals surface area contributed by atoms with Crippen molar-refractivity contribution < 1.29 is 18.0 Å². The number of hydrogen-bond donors (Lipinski definition) is 2. The van der Waals surface area contributed by atoms with E-state index in [1.165, 1.54) is 18.2 Å². The third-order valence-corrected chi connectivity index (χ3v) is 2.31. The van der Waals surface area contributed by atoms with Crippen LogP contribution >= 0.6 is 0 Å². The van der Waals surface area contributed by atoms with E-state index in [0.717, 1.165) is 6.07 Å². The van der Waals surface area contributed by atoms with Gasteiger partial charge in [-0.1, -0.05) is 19.1 Å². The molecule has 0 heterocycles. The van der Waals surface area contributed by atoms with Gasteiger partial charge in [0.2, 0.25) is 5.91 Å². The minimum Gasteiger partial charge on any atom is -0.373 e. The summed E-state index contributed by atoms with van der Waals surface area (Å²) in [5.41, 5.74) is 4.13. The van der Waals surface area contributed by atoms with E-state index in [-0.39, 0.29) is 5.69 Å². The van der Waals surface area contributed by atoms with Gasteiger partial charge in [-0.25, -0.2) is 0 Å². The van der Waals surface area contributed by atoms with Crippen LogP contribution in [-0.4, -0.2) is 11.9 Å². The van der Waals surface area contributed by atoms with Crippen LogP contribution < -0.4 is 11.1 Å². The van der Waals surface area contributed by atoms with E-state index in [1.807, 2.05) is 0 Å². The van der Waals surface area contributed by atoms with Gasteiger partial charge in [-0.05, 0) is 18.6 Å². The van der Waals surface area contributed by atoms with E-state index in [2.05, 4.69) is 5.32 Å². The Bertz CT molecular complexity index is 404. The van der Waals surface area contributed by atoms with Crippen molar-refractivity contribution in [3.8, 4) is 0 Å². The lowest BCUT2D eigenvalue weighted by atomic mass is 10.1. The van der Waals surface area contributed by atoms with Gasteiger partial charge in [0.25, 0.3) is 0 Å². The minimum absolute atomic E-state index is 0.134. The number of anilines is 1. The quantitative estimate of drug-likeness (QED) is 0.857. The van der Waals surface area contributed by atoms with Crippen LogP contribution in [0.1, 0.15) is 18.9 Å². The maximum atomic E-state index is 12.6. The second-order valence-corrected chi connectivity index (χ2v) is 3.55. The standard InChI is InChI=1S/C11H13F3N2O/c1-2-8(10(15)17)16-9-6-4-3-5-7(9)11(12,13)14/h3-6,8,16H,2H2,1H3,(H2,15,17). The van der Waals surface area contributed by atoms with Crippen molar-refractivity contribution in [2.45, 2.75) is 25.6 Å². The van der Waals surface area contributed by atoms with Gasteiger partial charge in [-0.3, -0.25) is 4.79 Å². The summed E-state index contributed by atoms with van der Waals surface area (Å²) in [6.45, 7) is 1.67. The average molecular weight is 246 g/mol. The first-order valence-corrected chi connectivity index (χ1v) is 5.08. The smallest absolute Gasteiger partial charge is 0.373 e. The van der Waals surface area contributed by atoms with Crippen LogP contribution in [0.3, 0.4) is 0 Å². The second-order valence-electron chi connectivity index (χ2n) is 3.55. The fraction of sp³-hybridized carbons (Fsp3) is 0.364. The van der Waals surface area contributed by atoms with Gasteiger partial charge in [-0.15, -0.1) is 0 Å². The maximum absolute atomic E-state index is 12.6. The van der Waals surface area contributed by atoms with Gasteiger partial charge in [0.05, 0.1) is 5.56 Å². The van der Waals surface area contributed by atoms with Gasteiger partial charge in [-0.2, -0.15) is 13.2 Å². The predicted molar refractivity (Wildman–Crippen MR) is 58.3 cm³/mol. The molecule has 1 aromatic carbocycles. The molecule has 0 saturated heterocycles. The second kappa shape index (κ2) is 5.07. The number of halogens is 3. The lowest BCUT2D eigenvalue weighted by Gasteiger charge is -2.18. The molecule has 17 heavy (non-hydrogen) atoms. The summed E-state index contributed by atoms with van der Waals surface area (Å²) in [6.07, 6.45) is -4.14. The Morgan fingerprint density at radius 2 is 2.00 bits per heavy atom. The van der Waals surface area contributed by atoms with E-state index < -0.39 is 23.7 Å². The van der Waals surface area contributed by atoms with Gasteiger partial charge in [0.1, 0.15) is 6.04 Å². The molecule has 6 heteroatoms. The summed E-state index contributed by atoms with van der Waals surface area (Å²) < 4.78 is 37.9. The molecule has 0 radical (unpaired) electrons. The molecule has 0 aliphatic heterocycles. The fourth-order valence-corrected chi connectivity index (χ4v) is 1.42. The topological polar surface area (TPSA) is 55.1 Å². The summed E-state index contributed by atoms with van der Waals surface area (Å²) in [5.74, 6) is -0.676. The maximum Gasteiger partial charge on any atom is 0.418 e. The Kier molecular flexibility index (Phi) is 3.98. The first-order valence-electron chi connectivity index (χ1n) is 5.08. The number of para-hydroxylation sites is 1. The van der Waals surface area contributed by atoms with Crippen LogP contribution in [0.5, 0.6) is 0 Å². The first kappa shape index (κ1) is 13.3. The monoisotopic (exact) mass is 246 g/mol. The summed E-state index contributed by atoms with van der Waals surface area (Å²) in [6, 6.07) is 4.17. The Balaban J connectivity index is 3.02. The van der Waals surface area contributed by atoms with Gasteiger partial charge in [0.15, 0.2) is 0 Å². The van der Waals surface area contributed by atoms with E-state index in [9.17, 15) is 18.0 Å². The Morgan fingerprint density at radius 1 is 1.41 bits per heavy atom. The lowest BCUT2D eigenvalue weighted by Crippen LogP contribution is -2.35. The van der Waals surface area contributed by atoms with Crippen molar-refractivity contribution in [2.75, 3.05) is 5.32 Å². The highest BCUT2D eigenvalue weighted by atomic mass is 19.4. The molecule has 0 bridgehead atoms. The number of primary amides is 1. The number of benzene rings is 1. The molecule has 1 aromatic rings. The first-order chi connectivity index (χ1) is 7.86. The molecule has 1 atom stereocenters. The van der Waals surface area contributed by atoms with Gasteiger partial charge < -0.3 is 11.1 Å². The van der Waals surface area contributed by atoms with Crippen LogP contribution in [-0.2, 0) is 11.0 Å². The average Bonchev–Trinajstić information content (AvgIpc) is 2.24. The molecule has 0 aliphatic carbocycles. The molecule has 1 rings (SSSR count). The van der Waals surface area contributed by atoms with E-state index >= 15 is 0 Å². The molecule has 0 aliphatic rings. The van der Waals surface area contributed by atoms with Crippen LogP contribution in [0, 0.1) is 0 Å². The lowest BCUT2D eigenvalue weighted by molar-refractivity contribution is -0.137. The number of amides is 1. The molecule has 3 N–H and O–H groups in total. The van der Waals surface area contributed by atoms with Crippen molar-refractivity contribution in [2.24, 2.45) is 5.73 Å². The molecule has 1 unspecified atom stereocenters. The van der Waals surface area contributed by atoms with E-state index in [4.69, 9.17) is 5.73 Å². The summed E-state index contributed by atoms with van der Waals surface area (Å²) in [4.78, 5) is 11.0. The number of alkyl halides is 3. The zero-order chi connectivity index (χ0) is 13.1. The molecule has 0 saturated carbocycles. The normalized spacial score (nSPS) is 13.2. The van der Waals surface area contributed by atoms with Crippen molar-refractivity contribution >= 4 is 11.6 Å². The van der Waals surface area contributed by atoms with Crippen LogP contribution in [0.4, 0.5) is 18.9 Å². The highest BCUT2D eigenvalue weighted by Crippen LogP contribution is 2.34. The fourth-order valence-electron chi connectivity index (χ4n) is 1.42. The zero-order valence-corrected chi connectivity index (χ0v) is 9.21. The molecular weight excluding hydrogens is 233 g/mol. The summed E-state index contributed by atoms with van der Waals surface area (Å²) >= 11 is 0. The number of rotatable bonds is 4. The molecule has 3 nitrogen and oxygen atoms in total. The molecular formula is C11H13F3N2O. The van der Waals surface area contributed by atoms with E-state index in [0.29, 0.717) is 6.42 Å². The Labute approximate surface area is 96.8 Å². The molecule has 94 valence electrons. The molecule has 0 spiro atoms. The predicted octanol–water partition coefficient (Wildman–Crippen LogP) is 2.38. The van der Waals surface area contributed by atoms with E-state index in [1.54, 1.807) is 6.92 Å². The summed E-state index contributed by atoms with van der Waals surface area (Å²) in [7, 11) is 0. The number of carbonyl (C=O) groups is 1. The van der Waals surface area contributed by atoms with Crippen molar-refractivity contribution in [1.82, 2.24) is 0 Å². The van der Waals surface area contributed by atoms with Crippen molar-refractivity contribution in [1.29, 1.82) is 0 Å². The molecule has 0 fully saturated rings.